The minimum Gasteiger partial charge on any atom is -0.489 e. The predicted octanol–water partition coefficient (Wildman–Crippen LogP) is 6.32. The molecule has 0 aliphatic heterocycles. The number of ether oxygens (including phenoxy) is 1. The highest BCUT2D eigenvalue weighted by Gasteiger charge is 2.30. The number of hydrogen-bond donors (Lipinski definition) is 1. The van der Waals surface area contributed by atoms with Crippen molar-refractivity contribution in [1.82, 2.24) is 0 Å². The van der Waals surface area contributed by atoms with Gasteiger partial charge >= 0.3 is 0 Å². The molecular weight excluding hydrogens is 374 g/mol. The molecule has 0 aliphatic rings. The Balaban J connectivity index is 1.92. The van der Waals surface area contributed by atoms with E-state index < -0.39 is 0 Å². The summed E-state index contributed by atoms with van der Waals surface area (Å²) in [5.41, 5.74) is 2.20. The van der Waals surface area contributed by atoms with Crippen LogP contribution in [0.2, 0.25) is 0 Å². The Morgan fingerprint density at radius 1 is 1.00 bits per heavy atom. The average Bonchev–Trinajstić information content (AvgIpc) is 2.69. The summed E-state index contributed by atoms with van der Waals surface area (Å²) >= 11 is 4.53. The van der Waals surface area contributed by atoms with Crippen LogP contribution in [0.1, 0.15) is 31.4 Å². The van der Waals surface area contributed by atoms with Gasteiger partial charge in [0.1, 0.15) is 18.2 Å². The normalized spacial score (nSPS) is 13.6. The minimum atomic E-state index is -0.229. The molecule has 3 rings (SSSR count). The van der Waals surface area contributed by atoms with Crippen LogP contribution in [0.5, 0.6) is 5.75 Å². The van der Waals surface area contributed by atoms with Crippen molar-refractivity contribution >= 4 is 26.5 Å². The molecule has 0 bridgehead atoms. The lowest BCUT2D eigenvalue weighted by atomic mass is 9.96. The van der Waals surface area contributed by atoms with Crippen molar-refractivity contribution in [3.8, 4) is 5.75 Å². The van der Waals surface area contributed by atoms with Crippen LogP contribution in [0, 0.1) is 5.82 Å². The first-order valence-corrected chi connectivity index (χ1v) is 10.5. The molecule has 0 fully saturated rings. The van der Waals surface area contributed by atoms with E-state index in [1.807, 2.05) is 54.6 Å². The minimum absolute atomic E-state index is 0.149. The third kappa shape index (κ3) is 4.91. The monoisotopic (exact) mass is 398 g/mol. The van der Waals surface area contributed by atoms with E-state index >= 15 is 0 Å². The molecule has 0 spiro atoms. The second-order valence-corrected chi connectivity index (χ2v) is 9.15. The zero-order valence-corrected chi connectivity index (χ0v) is 17.5. The van der Waals surface area contributed by atoms with Crippen LogP contribution in [-0.4, -0.2) is 0 Å². The maximum absolute atomic E-state index is 14.3. The van der Waals surface area contributed by atoms with Gasteiger partial charge in [0.25, 0.3) is 0 Å². The average molecular weight is 398 g/mol. The summed E-state index contributed by atoms with van der Waals surface area (Å²) in [5, 5.41) is 0.521. The van der Waals surface area contributed by atoms with Gasteiger partial charge < -0.3 is 4.74 Å². The van der Waals surface area contributed by atoms with E-state index in [1.54, 1.807) is 6.07 Å². The summed E-state index contributed by atoms with van der Waals surface area (Å²) in [7, 11) is 0.300. The molecule has 140 valence electrons. The SMILES string of the molecule is CCC(C)(Pc1ccccc1F)c1cc(S)ccc1OCc1ccccc1. The molecule has 0 amide bonds. The van der Waals surface area contributed by atoms with Crippen molar-refractivity contribution in [3.63, 3.8) is 0 Å². The highest BCUT2D eigenvalue weighted by Crippen LogP contribution is 2.48. The van der Waals surface area contributed by atoms with Crippen LogP contribution >= 0.6 is 21.2 Å². The molecule has 3 aromatic carbocycles. The van der Waals surface area contributed by atoms with Crippen molar-refractivity contribution in [3.05, 3.63) is 89.7 Å². The molecule has 0 N–H and O–H groups in total. The fourth-order valence-corrected chi connectivity index (χ4v) is 4.70. The lowest BCUT2D eigenvalue weighted by Gasteiger charge is -2.31. The zero-order chi connectivity index (χ0) is 19.3. The number of rotatable bonds is 7. The number of benzene rings is 3. The Bertz CT molecular complexity index is 900. The van der Waals surface area contributed by atoms with Crippen molar-refractivity contribution in [2.24, 2.45) is 0 Å². The van der Waals surface area contributed by atoms with Crippen molar-refractivity contribution in [2.45, 2.75) is 36.9 Å². The first kappa shape index (κ1) is 19.9. The quantitative estimate of drug-likeness (QED) is 0.362. The summed E-state index contributed by atoms with van der Waals surface area (Å²) < 4.78 is 20.5. The largest absolute Gasteiger partial charge is 0.489 e. The van der Waals surface area contributed by atoms with Gasteiger partial charge in [0.15, 0.2) is 0 Å². The molecule has 2 atom stereocenters. The zero-order valence-electron chi connectivity index (χ0n) is 15.6. The second kappa shape index (κ2) is 8.91. The van der Waals surface area contributed by atoms with Crippen LogP contribution in [0.4, 0.5) is 4.39 Å². The lowest BCUT2D eigenvalue weighted by Crippen LogP contribution is -2.21. The Kier molecular flexibility index (Phi) is 6.57. The molecule has 0 aromatic heterocycles. The van der Waals surface area contributed by atoms with Crippen LogP contribution in [0.3, 0.4) is 0 Å². The fourth-order valence-electron chi connectivity index (χ4n) is 3.02. The first-order valence-electron chi connectivity index (χ1n) is 9.05. The van der Waals surface area contributed by atoms with Crippen LogP contribution < -0.4 is 10.0 Å². The second-order valence-electron chi connectivity index (χ2n) is 6.75. The Labute approximate surface area is 168 Å². The van der Waals surface area contributed by atoms with Gasteiger partial charge in [-0.1, -0.05) is 71.0 Å². The highest BCUT2D eigenvalue weighted by molar-refractivity contribution is 7.80. The van der Waals surface area contributed by atoms with Crippen molar-refractivity contribution < 1.29 is 9.13 Å². The van der Waals surface area contributed by atoms with Crippen LogP contribution in [-0.2, 0) is 11.8 Å². The molecule has 0 saturated carbocycles. The van der Waals surface area contributed by atoms with Gasteiger partial charge in [0.2, 0.25) is 0 Å². The van der Waals surface area contributed by atoms with E-state index in [0.29, 0.717) is 15.2 Å². The Morgan fingerprint density at radius 2 is 1.70 bits per heavy atom. The number of hydrogen-bond acceptors (Lipinski definition) is 2. The highest BCUT2D eigenvalue weighted by atomic mass is 32.1. The van der Waals surface area contributed by atoms with E-state index in [2.05, 4.69) is 32.5 Å². The van der Waals surface area contributed by atoms with Crippen LogP contribution in [0.15, 0.2) is 77.7 Å². The van der Waals surface area contributed by atoms with Gasteiger partial charge in [-0.15, -0.1) is 12.6 Å². The molecule has 0 saturated heterocycles. The summed E-state index contributed by atoms with van der Waals surface area (Å²) in [6.45, 7) is 4.82. The molecule has 2 unspecified atom stereocenters. The van der Waals surface area contributed by atoms with Crippen molar-refractivity contribution in [1.29, 1.82) is 0 Å². The van der Waals surface area contributed by atoms with Crippen LogP contribution in [0.25, 0.3) is 0 Å². The molecule has 0 aliphatic carbocycles. The molecule has 27 heavy (non-hydrogen) atoms. The van der Waals surface area contributed by atoms with E-state index in [1.165, 1.54) is 6.07 Å². The fraction of sp³-hybridized carbons (Fsp3) is 0.217. The third-order valence-corrected chi connectivity index (χ3v) is 6.91. The maximum atomic E-state index is 14.3. The number of halogens is 1. The van der Waals surface area contributed by atoms with Gasteiger partial charge in [0.05, 0.1) is 0 Å². The lowest BCUT2D eigenvalue weighted by molar-refractivity contribution is 0.299. The van der Waals surface area contributed by atoms with E-state index in [4.69, 9.17) is 4.74 Å². The molecule has 0 heterocycles. The van der Waals surface area contributed by atoms with E-state index in [9.17, 15) is 4.39 Å². The molecule has 0 radical (unpaired) electrons. The summed E-state index contributed by atoms with van der Waals surface area (Å²) in [6.07, 6.45) is 0.874. The van der Waals surface area contributed by atoms with Gasteiger partial charge in [-0.2, -0.15) is 0 Å². The van der Waals surface area contributed by atoms with Gasteiger partial charge in [-0.25, -0.2) is 4.39 Å². The maximum Gasteiger partial charge on any atom is 0.130 e. The molecule has 4 heteroatoms. The summed E-state index contributed by atoms with van der Waals surface area (Å²) in [6, 6.07) is 23.1. The van der Waals surface area contributed by atoms with Crippen molar-refractivity contribution in [2.75, 3.05) is 0 Å². The van der Waals surface area contributed by atoms with Gasteiger partial charge in [-0.05, 0) is 36.2 Å². The van der Waals surface area contributed by atoms with Gasteiger partial charge in [0, 0.05) is 20.9 Å². The molecular formula is C23H24FOPS. The standard InChI is InChI=1S/C23H24FOPS/c1-3-23(2,26-22-12-8-7-11-20(22)24)19-15-18(27)13-14-21(19)25-16-17-9-5-4-6-10-17/h4-15,26-27H,3,16H2,1-2H3. The van der Waals surface area contributed by atoms with Gasteiger partial charge in [-0.3, -0.25) is 0 Å². The smallest absolute Gasteiger partial charge is 0.130 e. The molecule has 1 nitrogen and oxygen atoms in total. The predicted molar refractivity (Wildman–Crippen MR) is 116 cm³/mol. The first-order chi connectivity index (χ1) is 13.0. The Morgan fingerprint density at radius 3 is 2.41 bits per heavy atom. The summed E-state index contributed by atoms with van der Waals surface area (Å²) in [4.78, 5) is 0.884. The topological polar surface area (TPSA) is 9.23 Å². The number of thiol groups is 1. The van der Waals surface area contributed by atoms with E-state index in [-0.39, 0.29) is 11.0 Å². The Hall–Kier alpha value is -1.83. The van der Waals surface area contributed by atoms with E-state index in [0.717, 1.165) is 33.5 Å². The summed E-state index contributed by atoms with van der Waals surface area (Å²) in [5.74, 6) is 0.689. The third-order valence-electron chi connectivity index (χ3n) is 4.79. The molecule has 3 aromatic rings.